The van der Waals surface area contributed by atoms with Crippen molar-refractivity contribution in [3.8, 4) is 11.5 Å². The first-order valence-electron chi connectivity index (χ1n) is 4.51. The van der Waals surface area contributed by atoms with Gasteiger partial charge in [-0.05, 0) is 0 Å². The molecule has 0 aliphatic rings. The Morgan fingerprint density at radius 2 is 1.40 bits per heavy atom. The molecule has 4 nitrogen and oxygen atoms in total. The summed E-state index contributed by atoms with van der Waals surface area (Å²) in [6.45, 7) is 0. The summed E-state index contributed by atoms with van der Waals surface area (Å²) in [5, 5.41) is 9.02. The van der Waals surface area contributed by atoms with E-state index in [0.29, 0.717) is 16.5 Å². The van der Waals surface area contributed by atoms with Crippen LogP contribution in [0.3, 0.4) is 0 Å². The Hall–Kier alpha value is -1.46. The summed E-state index contributed by atoms with van der Waals surface area (Å²) in [5.74, 6) is 0.837. The Morgan fingerprint density at radius 1 is 1.00 bits per heavy atom. The van der Waals surface area contributed by atoms with Crippen molar-refractivity contribution < 1.29 is 34.7 Å². The average Bonchev–Trinajstić information content (AvgIpc) is 2.24. The number of rotatable bonds is 2. The summed E-state index contributed by atoms with van der Waals surface area (Å²) in [6.07, 6.45) is 0. The third-order valence-electron chi connectivity index (χ3n) is 1.56. The van der Waals surface area contributed by atoms with Gasteiger partial charge < -0.3 is 9.47 Å². The quantitative estimate of drug-likeness (QED) is 0.363. The van der Waals surface area contributed by atoms with Crippen molar-refractivity contribution in [1.82, 2.24) is 0 Å². The molecule has 0 saturated heterocycles. The molecule has 0 amide bonds. The number of benzene rings is 1. The zero-order chi connectivity index (χ0) is 16.3. The van der Waals surface area contributed by atoms with Gasteiger partial charge in [0.05, 0.1) is 25.3 Å². The van der Waals surface area contributed by atoms with Gasteiger partial charge in [-0.15, -0.1) is 0 Å². The van der Waals surface area contributed by atoms with Gasteiger partial charge in [0.25, 0.3) is 0 Å². The Kier molecular flexibility index (Phi) is 4.77. The molecule has 0 atom stereocenters. The standard InChI is InChI=1S/C8H8ClN2O2.F6P/c1-12-7-4-6(11-10)8(13-2)3-5(7)9;1-7(2,3,4,5)6/h3-4H,1-2H3;/q+1;-1. The molecule has 1 aromatic rings. The van der Waals surface area contributed by atoms with E-state index in [1.54, 1.807) is 0 Å². The number of hydrogen-bond donors (Lipinski definition) is 0. The third kappa shape index (κ3) is 9.47. The van der Waals surface area contributed by atoms with Gasteiger partial charge in [-0.1, -0.05) is 11.6 Å². The van der Waals surface area contributed by atoms with Gasteiger partial charge in [0.1, 0.15) is 5.75 Å². The van der Waals surface area contributed by atoms with Crippen LogP contribution in [0.4, 0.5) is 30.9 Å². The molecular formula is C8H8ClF6N2O2P. The van der Waals surface area contributed by atoms with E-state index >= 15 is 0 Å². The average molecular weight is 345 g/mol. The van der Waals surface area contributed by atoms with Gasteiger partial charge >= 0.3 is 38.7 Å². The molecule has 1 rings (SSSR count). The number of ether oxygens (including phenoxy) is 2. The van der Waals surface area contributed by atoms with E-state index < -0.39 is 7.81 Å². The SMILES string of the molecule is COc1cc([N+]#N)c(OC)cc1Cl.F[P-](F)(F)(F)(F)F. The van der Waals surface area contributed by atoms with Crippen LogP contribution in [0.25, 0.3) is 4.98 Å². The van der Waals surface area contributed by atoms with Crippen LogP contribution in [0.2, 0.25) is 5.02 Å². The summed E-state index contributed by atoms with van der Waals surface area (Å²) in [5.41, 5.74) is 0.281. The van der Waals surface area contributed by atoms with Crippen molar-refractivity contribution in [2.24, 2.45) is 0 Å². The topological polar surface area (TPSA) is 46.6 Å². The fourth-order valence-electron chi connectivity index (χ4n) is 0.922. The van der Waals surface area contributed by atoms with E-state index in [0.717, 1.165) is 0 Å². The van der Waals surface area contributed by atoms with Crippen LogP contribution in [-0.4, -0.2) is 14.2 Å². The number of hydrogen-bond acceptors (Lipinski definition) is 3. The summed E-state index contributed by atoms with van der Waals surface area (Å²) in [7, 11) is -7.71. The molecule has 0 unspecified atom stereocenters. The first kappa shape index (κ1) is 18.5. The second-order valence-corrected chi connectivity index (χ2v) is 5.54. The van der Waals surface area contributed by atoms with Gasteiger partial charge in [0, 0.05) is 6.07 Å². The Morgan fingerprint density at radius 3 is 1.70 bits per heavy atom. The fourth-order valence-corrected chi connectivity index (χ4v) is 1.15. The van der Waals surface area contributed by atoms with Crippen molar-refractivity contribution in [3.63, 3.8) is 0 Å². The molecule has 116 valence electrons. The normalized spacial score (nSPS) is 14.0. The molecule has 20 heavy (non-hydrogen) atoms. The summed E-state index contributed by atoms with van der Waals surface area (Å²) < 4.78 is 69.0. The van der Waals surface area contributed by atoms with Crippen LogP contribution in [0, 0.1) is 5.39 Å². The number of methoxy groups -OCH3 is 2. The van der Waals surface area contributed by atoms with Gasteiger partial charge in [-0.2, -0.15) is 0 Å². The monoisotopic (exact) mass is 344 g/mol. The molecule has 0 saturated carbocycles. The molecular weight excluding hydrogens is 337 g/mol. The fraction of sp³-hybridized carbons (Fsp3) is 0.250. The number of nitrogens with zero attached hydrogens (tertiary/aromatic N) is 2. The van der Waals surface area contributed by atoms with Crippen molar-refractivity contribution in [2.75, 3.05) is 14.2 Å². The van der Waals surface area contributed by atoms with E-state index in [4.69, 9.17) is 26.5 Å². The Bertz CT molecular complexity index is 530. The maximum absolute atomic E-state index is 10.7. The molecule has 0 spiro atoms. The molecule has 0 fully saturated rings. The predicted molar refractivity (Wildman–Crippen MR) is 62.9 cm³/mol. The maximum atomic E-state index is 9.87. The number of diazo groups is 1. The molecule has 0 bridgehead atoms. The number of halogens is 7. The first-order chi connectivity index (χ1) is 8.67. The minimum atomic E-state index is -10.7. The molecule has 0 radical (unpaired) electrons. The van der Waals surface area contributed by atoms with Gasteiger partial charge in [-0.3, -0.25) is 0 Å². The van der Waals surface area contributed by atoms with E-state index in [2.05, 4.69) is 4.98 Å². The van der Waals surface area contributed by atoms with Crippen LogP contribution in [0.5, 0.6) is 11.5 Å². The van der Waals surface area contributed by atoms with Crippen molar-refractivity contribution in [2.45, 2.75) is 0 Å². The predicted octanol–water partition coefficient (Wildman–Crippen LogP) is 6.22. The summed E-state index contributed by atoms with van der Waals surface area (Å²) >= 11 is 5.81. The molecule has 12 heteroatoms. The van der Waals surface area contributed by atoms with Crippen LogP contribution >= 0.6 is 19.4 Å². The zero-order valence-electron chi connectivity index (χ0n) is 9.96. The Labute approximate surface area is 114 Å². The van der Waals surface area contributed by atoms with Gasteiger partial charge in [-0.25, -0.2) is 0 Å². The van der Waals surface area contributed by atoms with Crippen molar-refractivity contribution in [1.29, 1.82) is 5.39 Å². The summed E-state index contributed by atoms with van der Waals surface area (Å²) in [4.78, 5) is 3.03. The van der Waals surface area contributed by atoms with Crippen LogP contribution < -0.4 is 9.47 Å². The van der Waals surface area contributed by atoms with E-state index in [-0.39, 0.29) is 5.69 Å². The molecule has 0 N–H and O–H groups in total. The molecule has 1 aromatic carbocycles. The molecule has 0 heterocycles. The van der Waals surface area contributed by atoms with Crippen molar-refractivity contribution >= 4 is 25.1 Å². The van der Waals surface area contributed by atoms with Crippen LogP contribution in [-0.2, 0) is 0 Å². The van der Waals surface area contributed by atoms with Gasteiger partial charge in [0.2, 0.25) is 11.1 Å². The molecule has 0 aromatic heterocycles. The van der Waals surface area contributed by atoms with Crippen LogP contribution in [0.1, 0.15) is 0 Å². The second-order valence-electron chi connectivity index (χ2n) is 3.22. The zero-order valence-corrected chi connectivity index (χ0v) is 11.6. The minimum absolute atomic E-state index is 0.281. The van der Waals surface area contributed by atoms with Gasteiger partial charge in [0.15, 0.2) is 4.98 Å². The van der Waals surface area contributed by atoms with Crippen molar-refractivity contribution in [3.05, 3.63) is 22.1 Å². The first-order valence-corrected chi connectivity index (χ1v) is 6.91. The Balaban J connectivity index is 0.000000441. The van der Waals surface area contributed by atoms with E-state index in [1.807, 2.05) is 0 Å². The van der Waals surface area contributed by atoms with E-state index in [1.165, 1.54) is 26.4 Å². The second kappa shape index (κ2) is 5.14. The van der Waals surface area contributed by atoms with Crippen LogP contribution in [0.15, 0.2) is 12.1 Å². The summed E-state index contributed by atoms with van der Waals surface area (Å²) in [6, 6.07) is 3.01. The third-order valence-corrected chi connectivity index (χ3v) is 1.86. The molecule has 0 aliphatic heterocycles. The van der Waals surface area contributed by atoms with E-state index in [9.17, 15) is 25.2 Å². The molecule has 0 aliphatic carbocycles.